The van der Waals surface area contributed by atoms with E-state index in [-0.39, 0.29) is 29.0 Å². The molecule has 6 nitrogen and oxygen atoms in total. The molecule has 1 amide bonds. The molecule has 0 radical (unpaired) electrons. The van der Waals surface area contributed by atoms with Crippen molar-refractivity contribution in [3.8, 4) is 11.4 Å². The van der Waals surface area contributed by atoms with Gasteiger partial charge in [0.25, 0.3) is 11.5 Å². The van der Waals surface area contributed by atoms with Crippen LogP contribution in [-0.2, 0) is 6.42 Å². The molecule has 6 heteroatoms. The largest absolute Gasteiger partial charge is 0.494 e. The number of para-hydroxylation sites is 2. The highest BCUT2D eigenvalue weighted by atomic mass is 16.5. The molecule has 1 unspecified atom stereocenters. The zero-order valence-corrected chi connectivity index (χ0v) is 16.0. The lowest BCUT2D eigenvalue weighted by Gasteiger charge is -2.23. The number of aryl methyl sites for hydroxylation is 1. The monoisotopic (exact) mass is 375 g/mol. The lowest BCUT2D eigenvalue weighted by Crippen LogP contribution is -2.38. The van der Waals surface area contributed by atoms with Crippen molar-refractivity contribution in [3.05, 3.63) is 81.8 Å². The maximum atomic E-state index is 13.4. The molecule has 0 saturated heterocycles. The van der Waals surface area contributed by atoms with Crippen LogP contribution in [0.1, 0.15) is 28.5 Å². The molecule has 0 bridgehead atoms. The van der Waals surface area contributed by atoms with Crippen LogP contribution < -0.4 is 15.2 Å². The lowest BCUT2D eigenvalue weighted by atomic mass is 10.1. The van der Waals surface area contributed by atoms with Crippen molar-refractivity contribution in [1.82, 2.24) is 9.78 Å². The first kappa shape index (κ1) is 18.0. The molecule has 0 spiro atoms. The van der Waals surface area contributed by atoms with Crippen LogP contribution in [0.5, 0.6) is 5.75 Å². The number of fused-ring (bicyclic) bond motifs is 1. The van der Waals surface area contributed by atoms with E-state index in [1.165, 1.54) is 17.9 Å². The minimum atomic E-state index is -0.349. The second kappa shape index (κ2) is 6.96. The number of benzene rings is 2. The quantitative estimate of drug-likeness (QED) is 0.705. The average Bonchev–Trinajstić information content (AvgIpc) is 3.03. The smallest absolute Gasteiger partial charge is 0.282 e. The molecule has 1 aliphatic heterocycles. The number of rotatable bonds is 3. The zero-order valence-electron chi connectivity index (χ0n) is 16.0. The van der Waals surface area contributed by atoms with Gasteiger partial charge in [0.15, 0.2) is 11.4 Å². The second-order valence-corrected chi connectivity index (χ2v) is 6.95. The molecule has 142 valence electrons. The lowest BCUT2D eigenvalue weighted by molar-refractivity contribution is 0.0971. The van der Waals surface area contributed by atoms with Crippen LogP contribution in [0.25, 0.3) is 5.69 Å². The molecular weight excluding hydrogens is 354 g/mol. The summed E-state index contributed by atoms with van der Waals surface area (Å²) >= 11 is 0. The SMILES string of the molecule is COc1cc(=O)n(-c2ccccc2C)nc1C(=O)N1c2ccccc2CC1C. The minimum Gasteiger partial charge on any atom is -0.494 e. The molecule has 1 aromatic heterocycles. The van der Waals surface area contributed by atoms with Crippen molar-refractivity contribution >= 4 is 11.6 Å². The Labute approximate surface area is 163 Å². The summed E-state index contributed by atoms with van der Waals surface area (Å²) in [4.78, 5) is 27.8. The van der Waals surface area contributed by atoms with Crippen LogP contribution in [0.2, 0.25) is 0 Å². The molecule has 0 fully saturated rings. The highest BCUT2D eigenvalue weighted by Crippen LogP contribution is 2.33. The molecule has 1 atom stereocenters. The number of amides is 1. The van der Waals surface area contributed by atoms with E-state index in [1.807, 2.05) is 56.3 Å². The maximum Gasteiger partial charge on any atom is 0.282 e. The molecule has 3 aromatic rings. The summed E-state index contributed by atoms with van der Waals surface area (Å²) in [6, 6.07) is 16.6. The van der Waals surface area contributed by atoms with E-state index < -0.39 is 0 Å². The minimum absolute atomic E-state index is 0.00440. The maximum absolute atomic E-state index is 13.4. The number of nitrogens with zero attached hydrogens (tertiary/aromatic N) is 3. The van der Waals surface area contributed by atoms with Gasteiger partial charge in [0.2, 0.25) is 0 Å². The molecule has 1 aliphatic rings. The summed E-state index contributed by atoms with van der Waals surface area (Å²) < 4.78 is 6.59. The normalized spacial score (nSPS) is 15.4. The fraction of sp³-hybridized carbons (Fsp3) is 0.227. The van der Waals surface area contributed by atoms with E-state index in [0.29, 0.717) is 5.69 Å². The Balaban J connectivity index is 1.86. The van der Waals surface area contributed by atoms with Gasteiger partial charge in [-0.05, 0) is 43.5 Å². The number of hydrogen-bond acceptors (Lipinski definition) is 4. The van der Waals surface area contributed by atoms with Crippen LogP contribution in [0.4, 0.5) is 5.69 Å². The molecule has 4 rings (SSSR count). The summed E-state index contributed by atoms with van der Waals surface area (Å²) in [5.41, 5.74) is 3.29. The summed E-state index contributed by atoms with van der Waals surface area (Å²) in [6.45, 7) is 3.90. The summed E-state index contributed by atoms with van der Waals surface area (Å²) in [7, 11) is 1.44. The average molecular weight is 375 g/mol. The Morgan fingerprint density at radius 1 is 1.11 bits per heavy atom. The van der Waals surface area contributed by atoms with Crippen molar-refractivity contribution in [2.75, 3.05) is 12.0 Å². The topological polar surface area (TPSA) is 64.4 Å². The predicted octanol–water partition coefficient (Wildman–Crippen LogP) is 3.14. The van der Waals surface area contributed by atoms with Crippen molar-refractivity contribution in [2.45, 2.75) is 26.3 Å². The number of aromatic nitrogens is 2. The van der Waals surface area contributed by atoms with E-state index in [9.17, 15) is 9.59 Å². The Morgan fingerprint density at radius 3 is 2.50 bits per heavy atom. The molecule has 28 heavy (non-hydrogen) atoms. The van der Waals surface area contributed by atoms with Crippen LogP contribution in [-0.4, -0.2) is 28.8 Å². The van der Waals surface area contributed by atoms with E-state index in [4.69, 9.17) is 4.74 Å². The molecule has 0 saturated carbocycles. The fourth-order valence-corrected chi connectivity index (χ4v) is 3.71. The summed E-state index contributed by atoms with van der Waals surface area (Å²) in [5, 5.41) is 4.41. The molecule has 0 aliphatic carbocycles. The van der Waals surface area contributed by atoms with E-state index >= 15 is 0 Å². The van der Waals surface area contributed by atoms with Gasteiger partial charge in [-0.3, -0.25) is 9.59 Å². The van der Waals surface area contributed by atoms with Gasteiger partial charge < -0.3 is 9.64 Å². The van der Waals surface area contributed by atoms with Gasteiger partial charge in [-0.2, -0.15) is 9.78 Å². The van der Waals surface area contributed by atoms with Crippen LogP contribution >= 0.6 is 0 Å². The molecule has 2 heterocycles. The predicted molar refractivity (Wildman–Crippen MR) is 108 cm³/mol. The standard InChI is InChI=1S/C22H21N3O3/c1-14-8-4-6-10-17(14)25-20(26)13-19(28-3)21(23-25)22(27)24-15(2)12-16-9-5-7-11-18(16)24/h4-11,13,15H,12H2,1-3H3. The first-order valence-electron chi connectivity index (χ1n) is 9.17. The first-order valence-corrected chi connectivity index (χ1v) is 9.17. The van der Waals surface area contributed by atoms with E-state index in [0.717, 1.165) is 23.2 Å². The van der Waals surface area contributed by atoms with E-state index in [1.54, 1.807) is 11.0 Å². The third-order valence-electron chi connectivity index (χ3n) is 5.09. The number of hydrogen-bond donors (Lipinski definition) is 0. The highest BCUT2D eigenvalue weighted by molar-refractivity contribution is 6.08. The van der Waals surface area contributed by atoms with Crippen LogP contribution in [0, 0.1) is 6.92 Å². The number of methoxy groups -OCH3 is 1. The van der Waals surface area contributed by atoms with Gasteiger partial charge >= 0.3 is 0 Å². The van der Waals surface area contributed by atoms with Crippen molar-refractivity contribution in [2.24, 2.45) is 0 Å². The van der Waals surface area contributed by atoms with Gasteiger partial charge in [0, 0.05) is 11.7 Å². The van der Waals surface area contributed by atoms with Gasteiger partial charge in [0.05, 0.1) is 18.9 Å². The Bertz CT molecular complexity index is 1120. The van der Waals surface area contributed by atoms with Gasteiger partial charge in [-0.1, -0.05) is 36.4 Å². The fourth-order valence-electron chi connectivity index (χ4n) is 3.71. The van der Waals surface area contributed by atoms with E-state index in [2.05, 4.69) is 5.10 Å². The summed E-state index contributed by atoms with van der Waals surface area (Å²) in [6.07, 6.45) is 0.779. The van der Waals surface area contributed by atoms with Crippen molar-refractivity contribution in [1.29, 1.82) is 0 Å². The second-order valence-electron chi connectivity index (χ2n) is 6.95. The first-order chi connectivity index (χ1) is 13.5. The van der Waals surface area contributed by atoms with Crippen LogP contribution in [0.15, 0.2) is 59.4 Å². The molecule has 2 aromatic carbocycles. The zero-order chi connectivity index (χ0) is 19.8. The molecular formula is C22H21N3O3. The van der Waals surface area contributed by atoms with Crippen molar-refractivity contribution in [3.63, 3.8) is 0 Å². The molecule has 0 N–H and O–H groups in total. The number of ether oxygens (including phenoxy) is 1. The highest BCUT2D eigenvalue weighted by Gasteiger charge is 2.34. The number of carbonyl (C=O) groups is 1. The third kappa shape index (κ3) is 2.87. The van der Waals surface area contributed by atoms with Gasteiger partial charge in [0.1, 0.15) is 0 Å². The Hall–Kier alpha value is -3.41. The third-order valence-corrected chi connectivity index (χ3v) is 5.09. The number of carbonyl (C=O) groups excluding carboxylic acids is 1. The number of anilines is 1. The Morgan fingerprint density at radius 2 is 1.79 bits per heavy atom. The Kier molecular flexibility index (Phi) is 4.47. The van der Waals surface area contributed by atoms with Gasteiger partial charge in [-0.25, -0.2) is 0 Å². The summed E-state index contributed by atoms with van der Waals surface area (Å²) in [5.74, 6) is -0.104. The van der Waals surface area contributed by atoms with Gasteiger partial charge in [-0.15, -0.1) is 0 Å². The van der Waals surface area contributed by atoms with Crippen molar-refractivity contribution < 1.29 is 9.53 Å². The van der Waals surface area contributed by atoms with Crippen LogP contribution in [0.3, 0.4) is 0 Å².